The number of nitrogens with zero attached hydrogens (tertiary/aromatic N) is 4. The summed E-state index contributed by atoms with van der Waals surface area (Å²) in [5.41, 5.74) is 7.66. The molecule has 1 unspecified atom stereocenters. The summed E-state index contributed by atoms with van der Waals surface area (Å²) in [6.45, 7) is 0.929. The van der Waals surface area contributed by atoms with E-state index in [-0.39, 0.29) is 11.9 Å². The minimum absolute atomic E-state index is 0.0566. The number of rotatable bonds is 2. The number of nitrogens with one attached hydrogen (secondary N) is 1. The highest BCUT2D eigenvalue weighted by atomic mass is 15.0. The third-order valence-electron chi connectivity index (χ3n) is 3.61. The first-order valence-electron chi connectivity index (χ1n) is 7.02. The average Bonchev–Trinajstić information content (AvgIpc) is 2.55. The van der Waals surface area contributed by atoms with Gasteiger partial charge in [0.15, 0.2) is 5.82 Å². The molecule has 1 aliphatic heterocycles. The van der Waals surface area contributed by atoms with Crippen LogP contribution in [-0.4, -0.2) is 21.5 Å². The number of piperidine rings is 1. The quantitative estimate of drug-likeness (QED) is 0.870. The maximum atomic E-state index is 9.34. The molecule has 2 aromatic rings. The van der Waals surface area contributed by atoms with E-state index in [1.807, 2.05) is 18.2 Å². The molecule has 3 N–H and O–H groups in total. The maximum absolute atomic E-state index is 9.34. The van der Waals surface area contributed by atoms with E-state index in [1.165, 1.54) is 0 Å². The number of nitrogens with two attached hydrogens (primary N) is 1. The molecule has 1 saturated heterocycles. The summed E-state index contributed by atoms with van der Waals surface area (Å²) >= 11 is 0. The van der Waals surface area contributed by atoms with E-state index in [9.17, 15) is 5.26 Å². The summed E-state index contributed by atoms with van der Waals surface area (Å²) in [6, 6.07) is 7.73. The van der Waals surface area contributed by atoms with Gasteiger partial charge in [0.05, 0.1) is 11.7 Å². The van der Waals surface area contributed by atoms with E-state index in [0.717, 1.165) is 25.8 Å². The Morgan fingerprint density at radius 1 is 1.29 bits per heavy atom. The lowest BCUT2D eigenvalue weighted by Gasteiger charge is -2.24. The van der Waals surface area contributed by atoms with Gasteiger partial charge in [-0.15, -0.1) is 0 Å². The SMILES string of the molecule is N#Cc1c(N)nc(-c2ccccn2)nc1C1CCCCN1. The summed E-state index contributed by atoms with van der Waals surface area (Å²) in [7, 11) is 0. The predicted molar refractivity (Wildman–Crippen MR) is 79.0 cm³/mol. The van der Waals surface area contributed by atoms with Crippen LogP contribution in [-0.2, 0) is 0 Å². The van der Waals surface area contributed by atoms with E-state index in [1.54, 1.807) is 6.20 Å². The van der Waals surface area contributed by atoms with Gasteiger partial charge in [0.2, 0.25) is 0 Å². The summed E-state index contributed by atoms with van der Waals surface area (Å²) in [5.74, 6) is 0.685. The zero-order valence-electron chi connectivity index (χ0n) is 11.6. The second-order valence-electron chi connectivity index (χ2n) is 5.02. The van der Waals surface area contributed by atoms with Gasteiger partial charge in [0, 0.05) is 6.20 Å². The van der Waals surface area contributed by atoms with Gasteiger partial charge in [-0.1, -0.05) is 12.5 Å². The molecule has 1 atom stereocenters. The van der Waals surface area contributed by atoms with Gasteiger partial charge < -0.3 is 11.1 Å². The Hall–Kier alpha value is -2.52. The summed E-state index contributed by atoms with van der Waals surface area (Å²) in [4.78, 5) is 13.0. The first-order chi connectivity index (χ1) is 10.3. The van der Waals surface area contributed by atoms with E-state index in [0.29, 0.717) is 22.8 Å². The van der Waals surface area contributed by atoms with Crippen LogP contribution in [0.15, 0.2) is 24.4 Å². The lowest BCUT2D eigenvalue weighted by atomic mass is 9.98. The highest BCUT2D eigenvalue weighted by Gasteiger charge is 2.23. The molecule has 106 valence electrons. The minimum atomic E-state index is 0.0566. The minimum Gasteiger partial charge on any atom is -0.382 e. The highest BCUT2D eigenvalue weighted by Crippen LogP contribution is 2.28. The van der Waals surface area contributed by atoms with Crippen molar-refractivity contribution in [3.05, 3.63) is 35.7 Å². The van der Waals surface area contributed by atoms with Crippen LogP contribution in [0, 0.1) is 11.3 Å². The van der Waals surface area contributed by atoms with Crippen molar-refractivity contribution < 1.29 is 0 Å². The van der Waals surface area contributed by atoms with Gasteiger partial charge in [0.1, 0.15) is 23.1 Å². The van der Waals surface area contributed by atoms with Crippen LogP contribution in [0.5, 0.6) is 0 Å². The molecule has 0 saturated carbocycles. The van der Waals surface area contributed by atoms with Crippen LogP contribution in [0.1, 0.15) is 36.6 Å². The fourth-order valence-electron chi connectivity index (χ4n) is 2.56. The van der Waals surface area contributed by atoms with Crippen molar-refractivity contribution in [1.29, 1.82) is 5.26 Å². The maximum Gasteiger partial charge on any atom is 0.180 e. The molecule has 2 aromatic heterocycles. The molecule has 0 bridgehead atoms. The third-order valence-corrected chi connectivity index (χ3v) is 3.61. The van der Waals surface area contributed by atoms with E-state index < -0.39 is 0 Å². The number of anilines is 1. The Labute approximate surface area is 123 Å². The fourth-order valence-corrected chi connectivity index (χ4v) is 2.56. The fraction of sp³-hybridized carbons (Fsp3) is 0.333. The Kier molecular flexibility index (Phi) is 3.75. The molecule has 6 heteroatoms. The molecule has 0 radical (unpaired) electrons. The number of nitrogen functional groups attached to an aromatic ring is 1. The van der Waals surface area contributed by atoms with Crippen LogP contribution in [0.4, 0.5) is 5.82 Å². The van der Waals surface area contributed by atoms with Crippen LogP contribution < -0.4 is 11.1 Å². The molecule has 6 nitrogen and oxygen atoms in total. The van der Waals surface area contributed by atoms with Crippen molar-refractivity contribution in [2.24, 2.45) is 0 Å². The Balaban J connectivity index is 2.09. The second kappa shape index (κ2) is 5.85. The van der Waals surface area contributed by atoms with Crippen molar-refractivity contribution in [3.8, 4) is 17.6 Å². The largest absolute Gasteiger partial charge is 0.382 e. The lowest BCUT2D eigenvalue weighted by molar-refractivity contribution is 0.404. The summed E-state index contributed by atoms with van der Waals surface area (Å²) in [6.07, 6.45) is 4.90. The molecule has 0 amide bonds. The number of aromatic nitrogens is 3. The molecular weight excluding hydrogens is 264 g/mol. The van der Waals surface area contributed by atoms with Gasteiger partial charge in [-0.05, 0) is 31.5 Å². The average molecular weight is 280 g/mol. The van der Waals surface area contributed by atoms with Crippen molar-refractivity contribution in [3.63, 3.8) is 0 Å². The summed E-state index contributed by atoms with van der Waals surface area (Å²) in [5, 5.41) is 12.7. The monoisotopic (exact) mass is 280 g/mol. The Bertz CT molecular complexity index is 671. The molecule has 3 rings (SSSR count). The van der Waals surface area contributed by atoms with Crippen LogP contribution in [0.2, 0.25) is 0 Å². The van der Waals surface area contributed by atoms with E-state index in [4.69, 9.17) is 5.73 Å². The topological polar surface area (TPSA) is 101 Å². The second-order valence-corrected chi connectivity index (χ2v) is 5.02. The van der Waals surface area contributed by atoms with Crippen LogP contribution in [0.25, 0.3) is 11.5 Å². The van der Waals surface area contributed by atoms with Gasteiger partial charge in [-0.3, -0.25) is 4.98 Å². The highest BCUT2D eigenvalue weighted by molar-refractivity contribution is 5.59. The molecule has 0 aliphatic carbocycles. The Morgan fingerprint density at radius 2 is 2.19 bits per heavy atom. The van der Waals surface area contributed by atoms with Crippen molar-refractivity contribution >= 4 is 5.82 Å². The lowest BCUT2D eigenvalue weighted by Crippen LogP contribution is -2.28. The molecule has 1 aliphatic rings. The number of hydrogen-bond donors (Lipinski definition) is 2. The van der Waals surface area contributed by atoms with Gasteiger partial charge in [0.25, 0.3) is 0 Å². The van der Waals surface area contributed by atoms with Crippen molar-refractivity contribution in [1.82, 2.24) is 20.3 Å². The summed E-state index contributed by atoms with van der Waals surface area (Å²) < 4.78 is 0. The molecule has 0 spiro atoms. The van der Waals surface area contributed by atoms with Crippen molar-refractivity contribution in [2.45, 2.75) is 25.3 Å². The number of pyridine rings is 1. The van der Waals surface area contributed by atoms with Crippen LogP contribution in [0.3, 0.4) is 0 Å². The number of hydrogen-bond acceptors (Lipinski definition) is 6. The smallest absolute Gasteiger partial charge is 0.180 e. The zero-order valence-corrected chi connectivity index (χ0v) is 11.6. The molecule has 3 heterocycles. The normalized spacial score (nSPS) is 18.1. The van der Waals surface area contributed by atoms with Crippen LogP contribution >= 0.6 is 0 Å². The van der Waals surface area contributed by atoms with E-state index >= 15 is 0 Å². The van der Waals surface area contributed by atoms with Gasteiger partial charge in [-0.2, -0.15) is 5.26 Å². The predicted octanol–water partition coefficient (Wildman–Crippen LogP) is 1.81. The van der Waals surface area contributed by atoms with E-state index in [2.05, 4.69) is 26.3 Å². The number of nitriles is 1. The molecule has 1 fully saturated rings. The Morgan fingerprint density at radius 3 is 2.86 bits per heavy atom. The van der Waals surface area contributed by atoms with Gasteiger partial charge >= 0.3 is 0 Å². The third kappa shape index (κ3) is 2.69. The van der Waals surface area contributed by atoms with Gasteiger partial charge in [-0.25, -0.2) is 9.97 Å². The van der Waals surface area contributed by atoms with Crippen molar-refractivity contribution in [2.75, 3.05) is 12.3 Å². The first-order valence-corrected chi connectivity index (χ1v) is 7.02. The first kappa shape index (κ1) is 13.5. The molecule has 0 aromatic carbocycles. The standard InChI is InChI=1S/C15H16N6/c16-9-10-13(11-5-1-3-7-18-11)20-15(21-14(10)17)12-6-2-4-8-19-12/h2,4,6,8,11,18H,1,3,5,7H2,(H2,17,20,21). The molecule has 21 heavy (non-hydrogen) atoms. The zero-order chi connectivity index (χ0) is 14.7. The molecular formula is C15H16N6.